The Bertz CT molecular complexity index is 257. The van der Waals surface area contributed by atoms with Crippen LogP contribution in [-0.2, 0) is 4.79 Å². The van der Waals surface area contributed by atoms with Gasteiger partial charge in [0.2, 0.25) is 5.91 Å². The van der Waals surface area contributed by atoms with E-state index in [-0.39, 0.29) is 25.1 Å². The second-order valence-corrected chi connectivity index (χ2v) is 4.16. The van der Waals surface area contributed by atoms with Crippen LogP contribution in [-0.4, -0.2) is 42.8 Å². The lowest BCUT2D eigenvalue weighted by atomic mass is 9.42. The molecule has 1 heterocycles. The van der Waals surface area contributed by atoms with Gasteiger partial charge in [-0.15, -0.1) is 0 Å². The van der Waals surface area contributed by atoms with E-state index in [4.69, 9.17) is 10.4 Å². The maximum absolute atomic E-state index is 11.8. The molecule has 0 bridgehead atoms. The summed E-state index contributed by atoms with van der Waals surface area (Å²) in [5, 5.41) is 17.5. The Morgan fingerprint density at radius 1 is 1.60 bits per heavy atom. The summed E-state index contributed by atoms with van der Waals surface area (Å²) >= 11 is 0. The molecule has 0 saturated carbocycles. The molecule has 0 unspecified atom stereocenters. The van der Waals surface area contributed by atoms with Gasteiger partial charge in [-0.25, -0.2) is 5.26 Å². The normalized spacial score (nSPS) is 17.3. The van der Waals surface area contributed by atoms with E-state index >= 15 is 0 Å². The van der Waals surface area contributed by atoms with Crippen LogP contribution in [0, 0.1) is 17.1 Å². The van der Waals surface area contributed by atoms with E-state index in [9.17, 15) is 4.79 Å². The average Bonchev–Trinajstić information content (AvgIpc) is 2.28. The van der Waals surface area contributed by atoms with Crippen LogP contribution in [0.2, 0.25) is 12.6 Å². The number of amides is 1. The van der Waals surface area contributed by atoms with Crippen LogP contribution < -0.4 is 0 Å². The number of likely N-dealkylation sites (N-methyl/N-ethyl adjacent to an activating group) is 1. The van der Waals surface area contributed by atoms with Gasteiger partial charge in [-0.3, -0.25) is 4.79 Å². The number of hydrogen-bond donors (Lipinski definition) is 1. The van der Waals surface area contributed by atoms with Gasteiger partial charge in [0.15, 0.2) is 0 Å². The molecule has 82 valence electrons. The third kappa shape index (κ3) is 3.24. The highest BCUT2D eigenvalue weighted by atomic mass is 16.3. The zero-order chi connectivity index (χ0) is 11.3. The minimum Gasteiger partial charge on any atom is -0.395 e. The molecular weight excluding hydrogens is 191 g/mol. The molecule has 0 aromatic rings. The van der Waals surface area contributed by atoms with Gasteiger partial charge in [0, 0.05) is 25.5 Å². The molecule has 1 rings (SSSR count). The Balaban J connectivity index is 2.40. The number of aliphatic hydroxyl groups excluding tert-OH is 1. The fourth-order valence-corrected chi connectivity index (χ4v) is 2.04. The number of hydrogen-bond acceptors (Lipinski definition) is 3. The summed E-state index contributed by atoms with van der Waals surface area (Å²) in [5.74, 6) is 2.43. The summed E-state index contributed by atoms with van der Waals surface area (Å²) in [5.41, 5.74) is 0. The highest BCUT2D eigenvalue weighted by Crippen LogP contribution is 2.26. The smallest absolute Gasteiger partial charge is 0.267 e. The molecule has 1 aliphatic rings. The van der Waals surface area contributed by atoms with Crippen molar-refractivity contribution in [2.75, 3.05) is 20.2 Å². The van der Waals surface area contributed by atoms with Crippen molar-refractivity contribution in [3.63, 3.8) is 0 Å². The van der Waals surface area contributed by atoms with Crippen molar-refractivity contribution in [1.82, 2.24) is 4.90 Å². The van der Waals surface area contributed by atoms with E-state index in [0.29, 0.717) is 6.54 Å². The maximum atomic E-state index is 11.8. The van der Waals surface area contributed by atoms with Crippen LogP contribution >= 0.6 is 0 Å². The third-order valence-electron chi connectivity index (χ3n) is 3.07. The van der Waals surface area contributed by atoms with Gasteiger partial charge in [-0.2, -0.15) is 0 Å². The zero-order valence-corrected chi connectivity index (χ0v) is 9.15. The van der Waals surface area contributed by atoms with Gasteiger partial charge >= 0.3 is 0 Å². The molecule has 1 fully saturated rings. The van der Waals surface area contributed by atoms with E-state index in [2.05, 4.69) is 5.97 Å². The maximum Gasteiger partial charge on any atom is 0.267 e. The molecule has 15 heavy (non-hydrogen) atoms. The third-order valence-corrected chi connectivity index (χ3v) is 3.07. The van der Waals surface area contributed by atoms with Crippen LogP contribution in [0.1, 0.15) is 12.8 Å². The van der Waals surface area contributed by atoms with Crippen molar-refractivity contribution >= 4 is 12.6 Å². The lowest BCUT2D eigenvalue weighted by Gasteiger charge is -2.26. The number of nitriles is 1. The molecule has 1 aliphatic heterocycles. The Hall–Kier alpha value is -1.02. The first kappa shape index (κ1) is 12.1. The average molecular weight is 208 g/mol. The second kappa shape index (κ2) is 5.77. The van der Waals surface area contributed by atoms with Gasteiger partial charge < -0.3 is 10.0 Å². The molecule has 1 N–H and O–H groups in total. The van der Waals surface area contributed by atoms with Crippen LogP contribution in [0.25, 0.3) is 0 Å². The Labute approximate surface area is 90.9 Å². The molecule has 4 nitrogen and oxygen atoms in total. The van der Waals surface area contributed by atoms with E-state index in [1.165, 1.54) is 0 Å². The van der Waals surface area contributed by atoms with Crippen molar-refractivity contribution < 1.29 is 9.90 Å². The monoisotopic (exact) mass is 208 g/mol. The highest BCUT2D eigenvalue weighted by Gasteiger charge is 2.29. The van der Waals surface area contributed by atoms with Crippen LogP contribution in [0.5, 0.6) is 0 Å². The molecule has 0 aromatic carbocycles. The fourth-order valence-electron chi connectivity index (χ4n) is 2.04. The number of carbonyl (C=O) groups excluding carboxylic acids is 1. The predicted octanol–water partition coefficient (Wildman–Crippen LogP) is 0.405. The van der Waals surface area contributed by atoms with Gasteiger partial charge in [0.25, 0.3) is 6.71 Å². The van der Waals surface area contributed by atoms with Gasteiger partial charge in [0.1, 0.15) is 0 Å². The van der Waals surface area contributed by atoms with Crippen LogP contribution in [0.3, 0.4) is 0 Å². The molecular formula is C10H17BN2O2. The largest absolute Gasteiger partial charge is 0.395 e. The second-order valence-electron chi connectivity index (χ2n) is 4.16. The molecule has 0 aliphatic carbocycles. The zero-order valence-electron chi connectivity index (χ0n) is 9.15. The molecule has 5 heteroatoms. The summed E-state index contributed by atoms with van der Waals surface area (Å²) in [6, 6.07) is 0. The van der Waals surface area contributed by atoms with Crippen molar-refractivity contribution in [2.24, 2.45) is 5.92 Å². The van der Waals surface area contributed by atoms with Gasteiger partial charge in [0.05, 0.1) is 6.61 Å². The van der Waals surface area contributed by atoms with Crippen LogP contribution in [0.15, 0.2) is 0 Å². The molecule has 0 atom stereocenters. The molecule has 0 radical (unpaired) electrons. The highest BCUT2D eigenvalue weighted by molar-refractivity contribution is 6.67. The first-order valence-corrected chi connectivity index (χ1v) is 5.44. The van der Waals surface area contributed by atoms with E-state index < -0.39 is 0 Å². The van der Waals surface area contributed by atoms with Crippen molar-refractivity contribution in [1.29, 1.82) is 5.26 Å². The number of aliphatic hydroxyl groups is 1. The minimum absolute atomic E-state index is 0.00970. The molecule has 0 spiro atoms. The summed E-state index contributed by atoms with van der Waals surface area (Å²) in [7, 11) is 1.72. The topological polar surface area (TPSA) is 64.3 Å². The van der Waals surface area contributed by atoms with E-state index in [1.54, 1.807) is 11.9 Å². The van der Waals surface area contributed by atoms with Gasteiger partial charge in [-0.1, -0.05) is 12.6 Å². The minimum atomic E-state index is 0.00970. The first-order valence-electron chi connectivity index (χ1n) is 5.44. The lowest BCUT2D eigenvalue weighted by Crippen LogP contribution is -2.37. The Kier molecular flexibility index (Phi) is 4.63. The quantitative estimate of drug-likeness (QED) is 0.683. The Morgan fingerprint density at radius 2 is 2.20 bits per heavy atom. The SMILES string of the molecule is CN(CCO)C(=O)C1CCB(C#N)CC1. The lowest BCUT2D eigenvalue weighted by molar-refractivity contribution is -0.134. The first-order chi connectivity index (χ1) is 7.19. The van der Waals surface area contributed by atoms with Crippen molar-refractivity contribution in [3.05, 3.63) is 0 Å². The summed E-state index contributed by atoms with van der Waals surface area (Å²) in [4.78, 5) is 13.4. The number of nitrogens with zero attached hydrogens (tertiary/aromatic N) is 2. The summed E-state index contributed by atoms with van der Waals surface area (Å²) < 4.78 is 0. The predicted molar refractivity (Wildman–Crippen MR) is 58.4 cm³/mol. The van der Waals surface area contributed by atoms with Crippen LogP contribution in [0.4, 0.5) is 0 Å². The summed E-state index contributed by atoms with van der Waals surface area (Å²) in [6.45, 7) is 0.546. The molecule has 0 aromatic heterocycles. The Morgan fingerprint density at radius 3 is 2.67 bits per heavy atom. The summed E-state index contributed by atoms with van der Waals surface area (Å²) in [6.07, 6.45) is 3.29. The fraction of sp³-hybridized carbons (Fsp3) is 0.800. The van der Waals surface area contributed by atoms with Gasteiger partial charge in [-0.05, 0) is 12.8 Å². The molecule has 1 saturated heterocycles. The number of carbonyl (C=O) groups is 1. The van der Waals surface area contributed by atoms with E-state index in [1.807, 2.05) is 0 Å². The standard InChI is InChI=1S/C10H17BN2O2/c1-13(6-7-14)10(15)9-2-4-11(8-12)5-3-9/h9,14H,2-7H2,1H3. The van der Waals surface area contributed by atoms with Crippen molar-refractivity contribution in [3.8, 4) is 5.97 Å². The molecule has 1 amide bonds. The number of rotatable bonds is 3. The van der Waals surface area contributed by atoms with E-state index in [0.717, 1.165) is 25.5 Å². The van der Waals surface area contributed by atoms with Crippen molar-refractivity contribution in [2.45, 2.75) is 25.5 Å².